The van der Waals surface area contributed by atoms with Crippen LogP contribution in [0.1, 0.15) is 10.4 Å². The summed E-state index contributed by atoms with van der Waals surface area (Å²) in [5.41, 5.74) is 0.700. The van der Waals surface area contributed by atoms with Crippen LogP contribution in [0.2, 0.25) is 5.02 Å². The van der Waals surface area contributed by atoms with Gasteiger partial charge in [0.15, 0.2) is 6.10 Å². The number of sulfonamides is 1. The average molecular weight is 487 g/mol. The molecule has 3 aromatic rings. The molecule has 0 bridgehead atoms. The molecule has 1 N–H and O–H groups in total. The minimum Gasteiger partial charge on any atom is -0.476 e. The van der Waals surface area contributed by atoms with Crippen LogP contribution in [0.25, 0.3) is 0 Å². The summed E-state index contributed by atoms with van der Waals surface area (Å²) in [6.07, 6.45) is -1.17. The third kappa shape index (κ3) is 4.50. The highest BCUT2D eigenvalue weighted by Gasteiger charge is 2.37. The maximum Gasteiger partial charge on any atom is 0.339 e. The molecule has 4 rings (SSSR count). The second kappa shape index (κ2) is 9.13. The van der Waals surface area contributed by atoms with Crippen molar-refractivity contribution in [3.63, 3.8) is 0 Å². The van der Waals surface area contributed by atoms with Gasteiger partial charge in [-0.2, -0.15) is 0 Å². The predicted octanol–water partition coefficient (Wildman–Crippen LogP) is 3.72. The summed E-state index contributed by atoms with van der Waals surface area (Å²) in [6, 6.07) is 18.6. The summed E-state index contributed by atoms with van der Waals surface area (Å²) < 4.78 is 38.5. The SMILES string of the molecule is COC(=O)c1ccccc1NC(=O)C1CN(S(=O)(=O)c2ccc(Cl)cc2)c2ccccc2O1. The van der Waals surface area contributed by atoms with Gasteiger partial charge in [0.2, 0.25) is 0 Å². The third-order valence-corrected chi connectivity index (χ3v) is 7.07. The first-order chi connectivity index (χ1) is 15.8. The lowest BCUT2D eigenvalue weighted by molar-refractivity contribution is -0.122. The second-order valence-electron chi connectivity index (χ2n) is 7.09. The number of hydrogen-bond acceptors (Lipinski definition) is 6. The quantitative estimate of drug-likeness (QED) is 0.551. The molecule has 170 valence electrons. The number of anilines is 2. The molecule has 3 aromatic carbocycles. The van der Waals surface area contributed by atoms with Gasteiger partial charge < -0.3 is 14.8 Å². The number of carbonyl (C=O) groups excluding carboxylic acids is 2. The first kappa shape index (κ1) is 22.6. The van der Waals surface area contributed by atoms with Crippen LogP contribution in [0.5, 0.6) is 5.75 Å². The lowest BCUT2D eigenvalue weighted by Gasteiger charge is -2.34. The maximum atomic E-state index is 13.4. The number of rotatable bonds is 5. The average Bonchev–Trinajstić information content (AvgIpc) is 2.83. The minimum absolute atomic E-state index is 0.0267. The zero-order valence-corrected chi connectivity index (χ0v) is 19.0. The normalized spacial score (nSPS) is 15.2. The summed E-state index contributed by atoms with van der Waals surface area (Å²) in [7, 11) is -2.78. The Hall–Kier alpha value is -3.56. The van der Waals surface area contributed by atoms with Gasteiger partial charge in [0.1, 0.15) is 5.75 Å². The Labute approximate surface area is 195 Å². The first-order valence-electron chi connectivity index (χ1n) is 9.83. The maximum absolute atomic E-state index is 13.4. The van der Waals surface area contributed by atoms with Crippen molar-refractivity contribution in [2.45, 2.75) is 11.0 Å². The standard InChI is InChI=1S/C23H19ClN2O6S/c1-31-23(28)17-6-2-3-7-18(17)25-22(27)21-14-26(19-8-4-5-9-20(19)32-21)33(29,30)16-12-10-15(24)11-13-16/h2-13,21H,14H2,1H3,(H,25,27). The van der Waals surface area contributed by atoms with Gasteiger partial charge in [0.05, 0.1) is 35.5 Å². The van der Waals surface area contributed by atoms with Crippen LogP contribution in [-0.4, -0.2) is 40.1 Å². The Morgan fingerprint density at radius 1 is 1.03 bits per heavy atom. The highest BCUT2D eigenvalue weighted by Crippen LogP contribution is 2.37. The number of halogens is 1. The number of nitrogens with zero attached hydrogens (tertiary/aromatic N) is 1. The Bertz CT molecular complexity index is 1310. The Balaban J connectivity index is 1.66. The number of amides is 1. The molecule has 0 radical (unpaired) electrons. The van der Waals surface area contributed by atoms with E-state index in [1.54, 1.807) is 42.5 Å². The zero-order chi connectivity index (χ0) is 23.6. The molecule has 1 unspecified atom stereocenters. The van der Waals surface area contributed by atoms with Gasteiger partial charge in [0.25, 0.3) is 15.9 Å². The minimum atomic E-state index is -4.02. The van der Waals surface area contributed by atoms with E-state index in [-0.39, 0.29) is 28.4 Å². The zero-order valence-electron chi connectivity index (χ0n) is 17.4. The van der Waals surface area contributed by atoms with Crippen LogP contribution in [0, 0.1) is 0 Å². The van der Waals surface area contributed by atoms with Gasteiger partial charge in [-0.1, -0.05) is 35.9 Å². The van der Waals surface area contributed by atoms with E-state index in [9.17, 15) is 18.0 Å². The second-order valence-corrected chi connectivity index (χ2v) is 9.39. The molecule has 1 heterocycles. The van der Waals surface area contributed by atoms with Crippen LogP contribution >= 0.6 is 11.6 Å². The molecule has 1 aliphatic heterocycles. The molecule has 8 nitrogen and oxygen atoms in total. The van der Waals surface area contributed by atoms with E-state index < -0.39 is 28.0 Å². The van der Waals surface area contributed by atoms with E-state index in [4.69, 9.17) is 21.1 Å². The molecule has 1 atom stereocenters. The number of methoxy groups -OCH3 is 1. The molecule has 0 aliphatic carbocycles. The molecule has 1 amide bonds. The van der Waals surface area contributed by atoms with E-state index in [0.717, 1.165) is 4.31 Å². The summed E-state index contributed by atoms with van der Waals surface area (Å²) in [4.78, 5) is 25.1. The summed E-state index contributed by atoms with van der Waals surface area (Å²) in [5, 5.41) is 3.04. The topological polar surface area (TPSA) is 102 Å². The molecule has 0 aromatic heterocycles. The molecule has 0 saturated heterocycles. The van der Waals surface area contributed by atoms with Crippen LogP contribution in [0.15, 0.2) is 77.7 Å². The summed E-state index contributed by atoms with van der Waals surface area (Å²) >= 11 is 5.90. The first-order valence-corrected chi connectivity index (χ1v) is 11.7. The number of fused-ring (bicyclic) bond motifs is 1. The van der Waals surface area contributed by atoms with Crippen molar-refractivity contribution in [2.24, 2.45) is 0 Å². The molecule has 0 spiro atoms. The van der Waals surface area contributed by atoms with Crippen molar-refractivity contribution < 1.29 is 27.5 Å². The Morgan fingerprint density at radius 2 is 1.70 bits per heavy atom. The fourth-order valence-electron chi connectivity index (χ4n) is 3.39. The monoisotopic (exact) mass is 486 g/mol. The Morgan fingerprint density at radius 3 is 2.42 bits per heavy atom. The summed E-state index contributed by atoms with van der Waals surface area (Å²) in [6.45, 7) is -0.270. The molecule has 1 aliphatic rings. The number of nitrogens with one attached hydrogen (secondary N) is 1. The molecule has 0 saturated carbocycles. The molecular formula is C23H19ClN2O6S. The fraction of sp³-hybridized carbons (Fsp3) is 0.130. The number of para-hydroxylation sites is 3. The van der Waals surface area contributed by atoms with Crippen molar-refractivity contribution in [1.82, 2.24) is 0 Å². The van der Waals surface area contributed by atoms with Crippen molar-refractivity contribution in [3.05, 3.63) is 83.4 Å². The molecule has 0 fully saturated rings. The van der Waals surface area contributed by atoms with Gasteiger partial charge in [-0.15, -0.1) is 0 Å². The fourth-order valence-corrected chi connectivity index (χ4v) is 5.00. The van der Waals surface area contributed by atoms with E-state index in [0.29, 0.717) is 10.7 Å². The van der Waals surface area contributed by atoms with Crippen LogP contribution in [-0.2, 0) is 19.6 Å². The number of benzene rings is 3. The smallest absolute Gasteiger partial charge is 0.339 e. The van der Waals surface area contributed by atoms with Gasteiger partial charge in [0, 0.05) is 5.02 Å². The molecular weight excluding hydrogens is 468 g/mol. The van der Waals surface area contributed by atoms with Gasteiger partial charge in [-0.3, -0.25) is 9.10 Å². The number of esters is 1. The lowest BCUT2D eigenvalue weighted by atomic mass is 10.1. The van der Waals surface area contributed by atoms with Crippen LogP contribution < -0.4 is 14.4 Å². The van der Waals surface area contributed by atoms with Crippen molar-refractivity contribution >= 4 is 44.9 Å². The van der Waals surface area contributed by atoms with Gasteiger partial charge in [-0.05, 0) is 48.5 Å². The van der Waals surface area contributed by atoms with Crippen molar-refractivity contribution in [1.29, 1.82) is 0 Å². The van der Waals surface area contributed by atoms with E-state index in [1.165, 1.54) is 37.4 Å². The Kier molecular flexibility index (Phi) is 6.26. The van der Waals surface area contributed by atoms with Gasteiger partial charge >= 0.3 is 5.97 Å². The number of hydrogen-bond donors (Lipinski definition) is 1. The van der Waals surface area contributed by atoms with E-state index >= 15 is 0 Å². The summed E-state index contributed by atoms with van der Waals surface area (Å²) in [5.74, 6) is -0.993. The van der Waals surface area contributed by atoms with Crippen LogP contribution in [0.4, 0.5) is 11.4 Å². The lowest BCUT2D eigenvalue weighted by Crippen LogP contribution is -2.48. The molecule has 10 heteroatoms. The van der Waals surface area contributed by atoms with E-state index in [2.05, 4.69) is 5.32 Å². The largest absolute Gasteiger partial charge is 0.476 e. The highest BCUT2D eigenvalue weighted by atomic mass is 35.5. The van der Waals surface area contributed by atoms with Crippen molar-refractivity contribution in [3.8, 4) is 5.75 Å². The number of carbonyl (C=O) groups is 2. The highest BCUT2D eigenvalue weighted by molar-refractivity contribution is 7.92. The predicted molar refractivity (Wildman–Crippen MR) is 123 cm³/mol. The van der Waals surface area contributed by atoms with Crippen molar-refractivity contribution in [2.75, 3.05) is 23.3 Å². The third-order valence-electron chi connectivity index (χ3n) is 5.02. The molecule has 33 heavy (non-hydrogen) atoms. The van der Waals surface area contributed by atoms with Crippen LogP contribution in [0.3, 0.4) is 0 Å². The van der Waals surface area contributed by atoms with E-state index in [1.807, 2.05) is 0 Å². The number of ether oxygens (including phenoxy) is 2. The van der Waals surface area contributed by atoms with Gasteiger partial charge in [-0.25, -0.2) is 13.2 Å².